The van der Waals surface area contributed by atoms with Crippen LogP contribution in [-0.2, 0) is 0 Å². The fourth-order valence-corrected chi connectivity index (χ4v) is 4.63. The van der Waals surface area contributed by atoms with Gasteiger partial charge < -0.3 is 5.32 Å². The second-order valence-electron chi connectivity index (χ2n) is 9.33. The Morgan fingerprint density at radius 1 is 0.735 bits per heavy atom. The maximum absolute atomic E-state index is 3.75. The minimum atomic E-state index is 0.285. The SMILES string of the molecule is CCC(Nc1ccc(C)cc1C)c1ccc(C=C(c2ccccc2)c2ccc(C)cc2C)cc1. The molecule has 0 aromatic heterocycles. The van der Waals surface area contributed by atoms with Crippen LogP contribution in [0.5, 0.6) is 0 Å². The second kappa shape index (κ2) is 10.6. The Morgan fingerprint density at radius 2 is 1.38 bits per heavy atom. The molecule has 0 bridgehead atoms. The smallest absolute Gasteiger partial charge is 0.0511 e. The highest BCUT2D eigenvalue weighted by molar-refractivity contribution is 5.92. The van der Waals surface area contributed by atoms with Crippen LogP contribution < -0.4 is 5.32 Å². The first-order valence-corrected chi connectivity index (χ1v) is 12.2. The minimum Gasteiger partial charge on any atom is -0.378 e. The molecule has 0 aliphatic rings. The molecule has 1 atom stereocenters. The zero-order valence-electron chi connectivity index (χ0n) is 21.0. The van der Waals surface area contributed by atoms with E-state index in [9.17, 15) is 0 Å². The largest absolute Gasteiger partial charge is 0.378 e. The monoisotopic (exact) mass is 445 g/mol. The van der Waals surface area contributed by atoms with Gasteiger partial charge in [0.1, 0.15) is 0 Å². The van der Waals surface area contributed by atoms with Crippen molar-refractivity contribution in [2.75, 3.05) is 5.32 Å². The van der Waals surface area contributed by atoms with Crippen molar-refractivity contribution in [1.29, 1.82) is 0 Å². The van der Waals surface area contributed by atoms with Gasteiger partial charge in [0.05, 0.1) is 6.04 Å². The van der Waals surface area contributed by atoms with Crippen LogP contribution in [0.1, 0.15) is 63.9 Å². The van der Waals surface area contributed by atoms with Gasteiger partial charge in [-0.05, 0) is 85.2 Å². The Morgan fingerprint density at radius 3 is 2.00 bits per heavy atom. The van der Waals surface area contributed by atoms with Crippen molar-refractivity contribution in [3.8, 4) is 0 Å². The van der Waals surface area contributed by atoms with Crippen LogP contribution in [0.2, 0.25) is 0 Å². The third-order valence-electron chi connectivity index (χ3n) is 6.53. The summed E-state index contributed by atoms with van der Waals surface area (Å²) in [4.78, 5) is 0. The van der Waals surface area contributed by atoms with E-state index in [0.717, 1.165) is 6.42 Å². The molecule has 1 unspecified atom stereocenters. The third kappa shape index (κ3) is 5.48. The van der Waals surface area contributed by atoms with Gasteiger partial charge in [0.25, 0.3) is 0 Å². The molecule has 1 heteroatoms. The zero-order valence-corrected chi connectivity index (χ0v) is 21.0. The molecule has 0 radical (unpaired) electrons. The maximum Gasteiger partial charge on any atom is 0.0511 e. The van der Waals surface area contributed by atoms with E-state index in [1.165, 1.54) is 55.8 Å². The molecule has 1 N–H and O–H groups in total. The van der Waals surface area contributed by atoms with Crippen molar-refractivity contribution in [2.45, 2.75) is 47.1 Å². The van der Waals surface area contributed by atoms with Gasteiger partial charge in [-0.3, -0.25) is 0 Å². The predicted molar refractivity (Wildman–Crippen MR) is 148 cm³/mol. The first-order chi connectivity index (χ1) is 16.4. The lowest BCUT2D eigenvalue weighted by atomic mass is 9.91. The number of hydrogen-bond acceptors (Lipinski definition) is 1. The van der Waals surface area contributed by atoms with E-state index >= 15 is 0 Å². The molecule has 0 aliphatic heterocycles. The summed E-state index contributed by atoms with van der Waals surface area (Å²) in [6.07, 6.45) is 3.34. The summed E-state index contributed by atoms with van der Waals surface area (Å²) >= 11 is 0. The van der Waals surface area contributed by atoms with Crippen LogP contribution in [0.3, 0.4) is 0 Å². The lowest BCUT2D eigenvalue weighted by Gasteiger charge is -2.21. The average Bonchev–Trinajstić information content (AvgIpc) is 2.84. The molecule has 0 amide bonds. The van der Waals surface area contributed by atoms with Crippen molar-refractivity contribution < 1.29 is 0 Å². The van der Waals surface area contributed by atoms with Gasteiger partial charge in [-0.15, -0.1) is 0 Å². The third-order valence-corrected chi connectivity index (χ3v) is 6.53. The first kappa shape index (κ1) is 23.6. The summed E-state index contributed by atoms with van der Waals surface area (Å²) in [6, 6.07) is 33.3. The van der Waals surface area contributed by atoms with Crippen molar-refractivity contribution in [2.24, 2.45) is 0 Å². The lowest BCUT2D eigenvalue weighted by Crippen LogP contribution is -2.10. The zero-order chi connectivity index (χ0) is 24.1. The van der Waals surface area contributed by atoms with Crippen LogP contribution in [0.15, 0.2) is 91.0 Å². The fraction of sp³-hybridized carbons (Fsp3) is 0.212. The molecular weight excluding hydrogens is 410 g/mol. The second-order valence-corrected chi connectivity index (χ2v) is 9.33. The minimum absolute atomic E-state index is 0.285. The van der Waals surface area contributed by atoms with Crippen molar-refractivity contribution in [3.05, 3.63) is 136 Å². The summed E-state index contributed by atoms with van der Waals surface area (Å²) in [5.41, 5.74) is 12.7. The van der Waals surface area contributed by atoms with Crippen molar-refractivity contribution >= 4 is 17.3 Å². The number of rotatable bonds is 7. The van der Waals surface area contributed by atoms with Gasteiger partial charge >= 0.3 is 0 Å². The fourth-order valence-electron chi connectivity index (χ4n) is 4.63. The lowest BCUT2D eigenvalue weighted by molar-refractivity contribution is 0.748. The number of nitrogens with one attached hydrogen (secondary N) is 1. The van der Waals surface area contributed by atoms with Crippen molar-refractivity contribution in [1.82, 2.24) is 0 Å². The Hall–Kier alpha value is -3.58. The standard InChI is InChI=1S/C33H35N/c1-6-32(34-33-19-13-24(3)21-26(33)5)29-16-14-27(15-17-29)22-31(28-10-8-7-9-11-28)30-18-12-23(2)20-25(30)4/h7-22,32,34H,6H2,1-5H3. The van der Waals surface area contributed by atoms with Gasteiger partial charge in [-0.1, -0.05) is 103 Å². The van der Waals surface area contributed by atoms with Crippen molar-refractivity contribution in [3.63, 3.8) is 0 Å². The number of anilines is 1. The summed E-state index contributed by atoms with van der Waals surface area (Å²) in [5, 5.41) is 3.75. The Bertz CT molecular complexity index is 1280. The molecule has 0 saturated heterocycles. The Labute approximate surface area is 205 Å². The number of aryl methyl sites for hydroxylation is 4. The van der Waals surface area contributed by atoms with Crippen LogP contribution in [0, 0.1) is 27.7 Å². The highest BCUT2D eigenvalue weighted by Crippen LogP contribution is 2.30. The van der Waals surface area contributed by atoms with Crippen LogP contribution in [0.4, 0.5) is 5.69 Å². The quantitative estimate of drug-likeness (QED) is 0.280. The molecule has 0 saturated carbocycles. The molecule has 4 aromatic carbocycles. The average molecular weight is 446 g/mol. The van der Waals surface area contributed by atoms with Gasteiger partial charge in [0, 0.05) is 5.69 Å². The molecule has 1 nitrogen and oxygen atoms in total. The Balaban J connectivity index is 1.65. The first-order valence-electron chi connectivity index (χ1n) is 12.2. The molecular formula is C33H35N. The molecule has 4 aromatic rings. The maximum atomic E-state index is 3.75. The van der Waals surface area contributed by atoms with E-state index < -0.39 is 0 Å². The van der Waals surface area contributed by atoms with E-state index in [1.807, 2.05) is 0 Å². The summed E-state index contributed by atoms with van der Waals surface area (Å²) in [7, 11) is 0. The van der Waals surface area contributed by atoms with E-state index in [2.05, 4.69) is 137 Å². The molecule has 0 spiro atoms. The molecule has 0 heterocycles. The normalized spacial score (nSPS) is 12.4. The van der Waals surface area contributed by atoms with Crippen LogP contribution in [0.25, 0.3) is 11.6 Å². The molecule has 34 heavy (non-hydrogen) atoms. The van der Waals surface area contributed by atoms with Gasteiger partial charge in [-0.25, -0.2) is 0 Å². The van der Waals surface area contributed by atoms with Gasteiger partial charge in [-0.2, -0.15) is 0 Å². The number of benzene rings is 4. The van der Waals surface area contributed by atoms with Gasteiger partial charge in [0.2, 0.25) is 0 Å². The molecule has 0 fully saturated rings. The Kier molecular flexibility index (Phi) is 7.33. The summed E-state index contributed by atoms with van der Waals surface area (Å²) < 4.78 is 0. The topological polar surface area (TPSA) is 12.0 Å². The van der Waals surface area contributed by atoms with Crippen LogP contribution >= 0.6 is 0 Å². The summed E-state index contributed by atoms with van der Waals surface area (Å²) in [5.74, 6) is 0. The highest BCUT2D eigenvalue weighted by Gasteiger charge is 2.12. The summed E-state index contributed by atoms with van der Waals surface area (Å²) in [6.45, 7) is 10.9. The van der Waals surface area contributed by atoms with E-state index in [-0.39, 0.29) is 6.04 Å². The molecule has 0 aliphatic carbocycles. The van der Waals surface area contributed by atoms with Crippen LogP contribution in [-0.4, -0.2) is 0 Å². The molecule has 172 valence electrons. The molecule has 4 rings (SSSR count). The van der Waals surface area contributed by atoms with E-state index in [4.69, 9.17) is 0 Å². The van der Waals surface area contributed by atoms with E-state index in [1.54, 1.807) is 0 Å². The predicted octanol–water partition coefficient (Wildman–Crippen LogP) is 9.07. The van der Waals surface area contributed by atoms with E-state index in [0.29, 0.717) is 0 Å². The number of hydrogen-bond donors (Lipinski definition) is 1. The highest BCUT2D eigenvalue weighted by atomic mass is 14.9. The van der Waals surface area contributed by atoms with Gasteiger partial charge in [0.15, 0.2) is 0 Å².